The van der Waals surface area contributed by atoms with Crippen molar-refractivity contribution < 1.29 is 9.09 Å². The van der Waals surface area contributed by atoms with E-state index in [1.54, 1.807) is 6.07 Å². The van der Waals surface area contributed by atoms with Crippen LogP contribution in [0.3, 0.4) is 0 Å². The second-order valence-electron chi connectivity index (χ2n) is 1.51. The van der Waals surface area contributed by atoms with Gasteiger partial charge in [0.25, 0.3) is 0 Å². The summed E-state index contributed by atoms with van der Waals surface area (Å²) in [4.78, 5) is 0. The molecular formula is C6H12NO2P. The van der Waals surface area contributed by atoms with E-state index in [1.165, 1.54) is 12.8 Å². The Balaban J connectivity index is 0. The first-order valence-corrected chi connectivity index (χ1v) is 3.88. The van der Waals surface area contributed by atoms with Crippen molar-refractivity contribution >= 4 is 8.69 Å². The standard InChI is InChI=1S/C4H10.C2H2NO2P/c1-3-4-2;3-1-2-5-6-4/h3-4H2,1-2H3;2H2. The van der Waals surface area contributed by atoms with Crippen molar-refractivity contribution in [3.05, 3.63) is 0 Å². The molecule has 0 unspecified atom stereocenters. The lowest BCUT2D eigenvalue weighted by molar-refractivity contribution is 0.392. The van der Waals surface area contributed by atoms with E-state index in [-0.39, 0.29) is 6.61 Å². The van der Waals surface area contributed by atoms with Crippen LogP contribution in [0.4, 0.5) is 0 Å². The minimum absolute atomic E-state index is 0.106. The second-order valence-corrected chi connectivity index (χ2v) is 1.91. The molecule has 0 N–H and O–H groups in total. The average molecular weight is 161 g/mol. The van der Waals surface area contributed by atoms with Gasteiger partial charge in [-0.15, -0.1) is 0 Å². The molecule has 0 aliphatic carbocycles. The molecule has 58 valence electrons. The molecule has 0 aliphatic heterocycles. The van der Waals surface area contributed by atoms with Gasteiger partial charge in [0.05, 0.1) is 6.07 Å². The molecule has 3 nitrogen and oxygen atoms in total. The number of hydrogen-bond acceptors (Lipinski definition) is 3. The van der Waals surface area contributed by atoms with Gasteiger partial charge in [-0.25, -0.2) is 4.57 Å². The van der Waals surface area contributed by atoms with Gasteiger partial charge in [0.2, 0.25) is 0 Å². The third-order valence-corrected chi connectivity index (χ3v) is 0.916. The van der Waals surface area contributed by atoms with Crippen LogP contribution in [-0.4, -0.2) is 6.61 Å². The first-order valence-electron chi connectivity index (χ1n) is 3.15. The van der Waals surface area contributed by atoms with Crippen molar-refractivity contribution in [2.24, 2.45) is 0 Å². The predicted molar refractivity (Wildman–Crippen MR) is 39.8 cm³/mol. The Hall–Kier alpha value is -0.450. The Morgan fingerprint density at radius 1 is 1.50 bits per heavy atom. The van der Waals surface area contributed by atoms with Gasteiger partial charge in [0.1, 0.15) is 6.61 Å². The van der Waals surface area contributed by atoms with Crippen LogP contribution in [0.1, 0.15) is 26.7 Å². The van der Waals surface area contributed by atoms with Gasteiger partial charge in [-0.05, 0) is 0 Å². The zero-order valence-corrected chi connectivity index (χ0v) is 7.23. The summed E-state index contributed by atoms with van der Waals surface area (Å²) in [6.07, 6.45) is 2.64. The topological polar surface area (TPSA) is 50.1 Å². The molecule has 0 spiro atoms. The third-order valence-electron chi connectivity index (χ3n) is 0.682. The van der Waals surface area contributed by atoms with E-state index in [9.17, 15) is 4.57 Å². The highest BCUT2D eigenvalue weighted by Gasteiger charge is 1.72. The van der Waals surface area contributed by atoms with Crippen molar-refractivity contribution in [2.45, 2.75) is 26.7 Å². The van der Waals surface area contributed by atoms with E-state index in [4.69, 9.17) is 5.26 Å². The van der Waals surface area contributed by atoms with Crippen LogP contribution >= 0.6 is 8.69 Å². The van der Waals surface area contributed by atoms with Crippen molar-refractivity contribution in [3.8, 4) is 6.07 Å². The smallest absolute Gasteiger partial charge is 0.279 e. The van der Waals surface area contributed by atoms with E-state index >= 15 is 0 Å². The first-order chi connectivity index (χ1) is 4.83. The minimum Gasteiger partial charge on any atom is -0.279 e. The molecule has 0 rings (SSSR count). The number of nitriles is 1. The molecule has 0 bridgehead atoms. The van der Waals surface area contributed by atoms with Gasteiger partial charge in [-0.2, -0.15) is 5.26 Å². The lowest BCUT2D eigenvalue weighted by Gasteiger charge is -1.70. The molecule has 4 heteroatoms. The maximum Gasteiger partial charge on any atom is 0.328 e. The molecule has 0 radical (unpaired) electrons. The summed E-state index contributed by atoms with van der Waals surface area (Å²) in [7, 11) is -0.427. The molecule has 0 heterocycles. The quantitative estimate of drug-likeness (QED) is 0.472. The molecule has 0 aromatic heterocycles. The number of nitrogens with zero attached hydrogens (tertiary/aromatic N) is 1. The summed E-state index contributed by atoms with van der Waals surface area (Å²) in [5, 5.41) is 7.68. The SMILES string of the molecule is CCCC.N#CCOP=O. The molecule has 0 aromatic rings. The zero-order chi connectivity index (χ0) is 8.24. The third kappa shape index (κ3) is 25.7. The Bertz CT molecular complexity index is 98.4. The molecular weight excluding hydrogens is 149 g/mol. The molecule has 0 fully saturated rings. The summed E-state index contributed by atoms with van der Waals surface area (Å²) in [5.41, 5.74) is 0. The number of hydrogen-bond donors (Lipinski definition) is 0. The fraction of sp³-hybridized carbons (Fsp3) is 0.833. The number of unbranched alkanes of at least 4 members (excludes halogenated alkanes) is 1. The maximum atomic E-state index is 9.29. The molecule has 0 atom stereocenters. The minimum atomic E-state index is -0.427. The maximum absolute atomic E-state index is 9.29. The summed E-state index contributed by atoms with van der Waals surface area (Å²) >= 11 is 0. The fourth-order valence-electron chi connectivity index (χ4n) is 0.0552. The normalized spacial score (nSPS) is 7.70. The van der Waals surface area contributed by atoms with Crippen LogP contribution in [0.2, 0.25) is 0 Å². The van der Waals surface area contributed by atoms with Crippen LogP contribution in [-0.2, 0) is 9.09 Å². The monoisotopic (exact) mass is 161 g/mol. The Labute approximate surface area is 63.3 Å². The Kier molecular flexibility index (Phi) is 19.4. The van der Waals surface area contributed by atoms with Gasteiger partial charge in [-0.3, -0.25) is 4.52 Å². The highest BCUT2D eigenvalue weighted by molar-refractivity contribution is 7.17. The number of rotatable bonds is 3. The van der Waals surface area contributed by atoms with Gasteiger partial charge < -0.3 is 0 Å². The highest BCUT2D eigenvalue weighted by Crippen LogP contribution is 1.89. The predicted octanol–water partition coefficient (Wildman–Crippen LogP) is 2.54. The molecule has 0 aromatic carbocycles. The van der Waals surface area contributed by atoms with Crippen molar-refractivity contribution in [1.29, 1.82) is 5.26 Å². The Morgan fingerprint density at radius 3 is 2.10 bits per heavy atom. The second kappa shape index (κ2) is 15.8. The lowest BCUT2D eigenvalue weighted by Crippen LogP contribution is -1.70. The highest BCUT2D eigenvalue weighted by atomic mass is 31.1. The van der Waals surface area contributed by atoms with Crippen molar-refractivity contribution in [2.75, 3.05) is 6.61 Å². The fourth-order valence-corrected chi connectivity index (χ4v) is 0.166. The van der Waals surface area contributed by atoms with Gasteiger partial charge in [0.15, 0.2) is 0 Å². The van der Waals surface area contributed by atoms with Crippen LogP contribution in [0, 0.1) is 11.3 Å². The molecule has 0 aliphatic rings. The van der Waals surface area contributed by atoms with E-state index in [0.29, 0.717) is 0 Å². The summed E-state index contributed by atoms with van der Waals surface area (Å²) in [5.74, 6) is 0. The van der Waals surface area contributed by atoms with Crippen LogP contribution in [0.5, 0.6) is 0 Å². The van der Waals surface area contributed by atoms with Gasteiger partial charge >= 0.3 is 8.69 Å². The summed E-state index contributed by atoms with van der Waals surface area (Å²) in [6, 6.07) is 1.64. The van der Waals surface area contributed by atoms with Crippen molar-refractivity contribution in [3.63, 3.8) is 0 Å². The first kappa shape index (κ1) is 12.2. The zero-order valence-electron chi connectivity index (χ0n) is 6.33. The van der Waals surface area contributed by atoms with E-state index < -0.39 is 8.69 Å². The molecule has 0 saturated carbocycles. The van der Waals surface area contributed by atoms with Crippen LogP contribution in [0.15, 0.2) is 0 Å². The van der Waals surface area contributed by atoms with Gasteiger partial charge in [-0.1, -0.05) is 26.7 Å². The summed E-state index contributed by atoms with van der Waals surface area (Å²) < 4.78 is 13.3. The van der Waals surface area contributed by atoms with Gasteiger partial charge in [0, 0.05) is 0 Å². The average Bonchev–Trinajstić information content (AvgIpc) is 2.01. The van der Waals surface area contributed by atoms with Crippen LogP contribution < -0.4 is 0 Å². The van der Waals surface area contributed by atoms with E-state index in [2.05, 4.69) is 18.4 Å². The van der Waals surface area contributed by atoms with Crippen LogP contribution in [0.25, 0.3) is 0 Å². The molecule has 0 amide bonds. The van der Waals surface area contributed by atoms with Crippen molar-refractivity contribution in [1.82, 2.24) is 0 Å². The Morgan fingerprint density at radius 2 is 2.00 bits per heavy atom. The lowest BCUT2D eigenvalue weighted by atomic mass is 10.4. The molecule has 0 saturated heterocycles. The summed E-state index contributed by atoms with van der Waals surface area (Å²) in [6.45, 7) is 4.26. The van der Waals surface area contributed by atoms with E-state index in [1.807, 2.05) is 0 Å². The molecule has 10 heavy (non-hydrogen) atoms. The van der Waals surface area contributed by atoms with E-state index in [0.717, 1.165) is 0 Å². The largest absolute Gasteiger partial charge is 0.328 e.